The van der Waals surface area contributed by atoms with E-state index in [2.05, 4.69) is 10.6 Å². The summed E-state index contributed by atoms with van der Waals surface area (Å²) in [7, 11) is 0. The average molecular weight is 409 g/mol. The summed E-state index contributed by atoms with van der Waals surface area (Å²) in [6.45, 7) is 8.54. The Morgan fingerprint density at radius 2 is 1.97 bits per heavy atom. The van der Waals surface area contributed by atoms with Gasteiger partial charge in [-0.05, 0) is 64.7 Å². The highest BCUT2D eigenvalue weighted by molar-refractivity contribution is 5.98. The second-order valence-electron chi connectivity index (χ2n) is 8.00. The monoisotopic (exact) mass is 409 g/mol. The number of anilines is 2. The van der Waals surface area contributed by atoms with Crippen molar-refractivity contribution in [2.24, 2.45) is 5.92 Å². The second-order valence-corrected chi connectivity index (χ2v) is 8.00. The number of rotatable bonds is 5. The van der Waals surface area contributed by atoms with Gasteiger partial charge in [-0.3, -0.25) is 9.59 Å². The topological polar surface area (TPSA) is 120 Å². The molecule has 0 saturated heterocycles. The Morgan fingerprint density at radius 3 is 2.55 bits per heavy atom. The number of amides is 2. The van der Waals surface area contributed by atoms with Crippen LogP contribution < -0.4 is 16.4 Å². The van der Waals surface area contributed by atoms with Crippen molar-refractivity contribution in [3.8, 4) is 0 Å². The highest BCUT2D eigenvalue weighted by Gasteiger charge is 2.33. The lowest BCUT2D eigenvalue weighted by Gasteiger charge is -2.22. The number of nitrogen functional groups attached to an aromatic ring is 1. The number of hydrogen-bond donors (Lipinski definition) is 3. The number of hydrogen-bond acceptors (Lipinski definition) is 6. The van der Waals surface area contributed by atoms with Crippen molar-refractivity contribution >= 4 is 29.3 Å². The van der Waals surface area contributed by atoms with Gasteiger partial charge in [0.25, 0.3) is 0 Å². The van der Waals surface area contributed by atoms with Crippen molar-refractivity contribution in [1.82, 2.24) is 5.32 Å². The van der Waals surface area contributed by atoms with Crippen molar-refractivity contribution in [1.29, 1.82) is 0 Å². The number of fused-ring (bicyclic) bond motifs is 1. The Morgan fingerprint density at radius 1 is 1.31 bits per heavy atom. The highest BCUT2D eigenvalue weighted by atomic mass is 19.1. The van der Waals surface area contributed by atoms with E-state index < -0.39 is 35.4 Å². The Labute approximate surface area is 169 Å². The quantitative estimate of drug-likeness (QED) is 0.508. The lowest BCUT2D eigenvalue weighted by atomic mass is 10.1. The lowest BCUT2D eigenvalue weighted by molar-refractivity contribution is -0.147. The number of halogens is 1. The molecule has 29 heavy (non-hydrogen) atoms. The van der Waals surface area contributed by atoms with Crippen molar-refractivity contribution in [2.45, 2.75) is 59.1 Å². The first-order valence-electron chi connectivity index (χ1n) is 9.49. The average Bonchev–Trinajstić information content (AvgIpc) is 3.02. The van der Waals surface area contributed by atoms with Crippen molar-refractivity contribution in [3.05, 3.63) is 23.0 Å². The molecular formula is C20H28FN3O5. The number of nitrogens with one attached hydrogen (secondary N) is 2. The van der Waals surface area contributed by atoms with Gasteiger partial charge in [-0.25, -0.2) is 9.18 Å². The molecule has 1 aliphatic rings. The molecule has 0 saturated carbocycles. The summed E-state index contributed by atoms with van der Waals surface area (Å²) in [6, 6.07) is 0.623. The number of carbonyl (C=O) groups excluding carboxylic acids is 3. The number of carbonyl (C=O) groups is 3. The summed E-state index contributed by atoms with van der Waals surface area (Å²) >= 11 is 0. The van der Waals surface area contributed by atoms with Gasteiger partial charge < -0.3 is 25.8 Å². The molecule has 1 aromatic carbocycles. The molecule has 1 aliphatic carbocycles. The van der Waals surface area contributed by atoms with Gasteiger partial charge in [0.15, 0.2) is 5.82 Å². The van der Waals surface area contributed by atoms with Gasteiger partial charge in [0.2, 0.25) is 5.91 Å². The van der Waals surface area contributed by atoms with E-state index in [0.29, 0.717) is 17.5 Å². The van der Waals surface area contributed by atoms with E-state index in [1.54, 1.807) is 33.8 Å². The van der Waals surface area contributed by atoms with Gasteiger partial charge >= 0.3 is 12.1 Å². The van der Waals surface area contributed by atoms with Crippen LogP contribution in [0.3, 0.4) is 0 Å². The number of esters is 1. The van der Waals surface area contributed by atoms with Gasteiger partial charge in [-0.1, -0.05) is 0 Å². The van der Waals surface area contributed by atoms with Gasteiger partial charge in [0, 0.05) is 0 Å². The maximum atomic E-state index is 14.7. The first-order valence-corrected chi connectivity index (χ1v) is 9.49. The van der Waals surface area contributed by atoms with Crippen LogP contribution in [0.4, 0.5) is 20.6 Å². The predicted molar refractivity (Wildman–Crippen MR) is 106 cm³/mol. The third-order valence-corrected chi connectivity index (χ3v) is 4.42. The van der Waals surface area contributed by atoms with Gasteiger partial charge in [-0.15, -0.1) is 0 Å². The van der Waals surface area contributed by atoms with Crippen LogP contribution >= 0.6 is 0 Å². The normalized spacial score (nSPS) is 16.6. The number of benzene rings is 1. The molecule has 8 nitrogen and oxygen atoms in total. The Kier molecular flexibility index (Phi) is 6.71. The van der Waals surface area contributed by atoms with Gasteiger partial charge in [0.1, 0.15) is 11.6 Å². The van der Waals surface area contributed by atoms with E-state index in [9.17, 15) is 18.8 Å². The van der Waals surface area contributed by atoms with E-state index in [1.165, 1.54) is 6.92 Å². The molecule has 1 aromatic rings. The first-order chi connectivity index (χ1) is 13.4. The third kappa shape index (κ3) is 5.58. The predicted octanol–water partition coefficient (Wildman–Crippen LogP) is 2.54. The minimum absolute atomic E-state index is 0.0913. The lowest BCUT2D eigenvalue weighted by Crippen LogP contribution is -2.44. The molecule has 2 atom stereocenters. The first kappa shape index (κ1) is 22.4. The molecule has 0 fully saturated rings. The second kappa shape index (κ2) is 8.67. The summed E-state index contributed by atoms with van der Waals surface area (Å²) in [4.78, 5) is 36.2. The molecule has 4 N–H and O–H groups in total. The van der Waals surface area contributed by atoms with Crippen LogP contribution in [0.5, 0.6) is 0 Å². The zero-order valence-corrected chi connectivity index (χ0v) is 17.3. The minimum Gasteiger partial charge on any atom is -0.466 e. The molecular weight excluding hydrogens is 381 g/mol. The molecule has 2 rings (SSSR count). The highest BCUT2D eigenvalue weighted by Crippen LogP contribution is 2.36. The van der Waals surface area contributed by atoms with Crippen LogP contribution in [0.2, 0.25) is 0 Å². The summed E-state index contributed by atoms with van der Waals surface area (Å²) in [5, 5.41) is 4.94. The maximum Gasteiger partial charge on any atom is 0.408 e. The molecule has 0 radical (unpaired) electrons. The molecule has 0 aliphatic heterocycles. The molecule has 160 valence electrons. The standard InChI is InChI=1S/C20H28FN3O5/c1-6-28-18(26)12-7-11-9-14(16(22)15(21)13(11)8-12)24-17(25)10(2)23-19(27)29-20(3,4)5/h9-10,12H,6-8,22H2,1-5H3,(H,23,27)(H,24,25). The molecule has 2 unspecified atom stereocenters. The van der Waals surface area contributed by atoms with E-state index in [0.717, 1.165) is 0 Å². The van der Waals surface area contributed by atoms with E-state index in [-0.39, 0.29) is 30.4 Å². The summed E-state index contributed by atoms with van der Waals surface area (Å²) in [6.07, 6.45) is -0.236. The van der Waals surface area contributed by atoms with Crippen molar-refractivity contribution in [3.63, 3.8) is 0 Å². The zero-order valence-electron chi connectivity index (χ0n) is 17.3. The fraction of sp³-hybridized carbons (Fsp3) is 0.550. The fourth-order valence-electron chi connectivity index (χ4n) is 3.07. The van der Waals surface area contributed by atoms with E-state index in [1.807, 2.05) is 0 Å². The third-order valence-electron chi connectivity index (χ3n) is 4.42. The number of ether oxygens (including phenoxy) is 2. The largest absolute Gasteiger partial charge is 0.466 e. The van der Waals surface area contributed by atoms with E-state index in [4.69, 9.17) is 15.2 Å². The Bertz CT molecular complexity index is 819. The summed E-state index contributed by atoms with van der Waals surface area (Å²) in [5.74, 6) is -2.10. The summed E-state index contributed by atoms with van der Waals surface area (Å²) < 4.78 is 24.8. The van der Waals surface area contributed by atoms with Crippen LogP contribution in [-0.4, -0.2) is 36.2 Å². The van der Waals surface area contributed by atoms with Crippen LogP contribution in [0.25, 0.3) is 0 Å². The van der Waals surface area contributed by atoms with Crippen molar-refractivity contribution < 1.29 is 28.2 Å². The Hall–Kier alpha value is -2.84. The van der Waals surface area contributed by atoms with Crippen LogP contribution in [0, 0.1) is 11.7 Å². The van der Waals surface area contributed by atoms with Crippen molar-refractivity contribution in [2.75, 3.05) is 17.7 Å². The zero-order chi connectivity index (χ0) is 21.9. The molecule has 0 aromatic heterocycles. The molecule has 2 amide bonds. The SMILES string of the molecule is CCOC(=O)C1Cc2cc(NC(=O)C(C)NC(=O)OC(C)(C)C)c(N)c(F)c2C1. The summed E-state index contributed by atoms with van der Waals surface area (Å²) in [5.41, 5.74) is 5.98. The fourth-order valence-corrected chi connectivity index (χ4v) is 3.07. The Balaban J connectivity index is 2.10. The number of alkyl carbamates (subject to hydrolysis) is 1. The molecule has 0 heterocycles. The van der Waals surface area contributed by atoms with Crippen LogP contribution in [0.1, 0.15) is 45.7 Å². The van der Waals surface area contributed by atoms with Crippen LogP contribution in [0.15, 0.2) is 6.07 Å². The minimum atomic E-state index is -0.937. The van der Waals surface area contributed by atoms with E-state index >= 15 is 0 Å². The van der Waals surface area contributed by atoms with Gasteiger partial charge in [-0.2, -0.15) is 0 Å². The van der Waals surface area contributed by atoms with Gasteiger partial charge in [0.05, 0.1) is 23.9 Å². The number of nitrogens with two attached hydrogens (primary N) is 1. The molecule has 0 spiro atoms. The maximum absolute atomic E-state index is 14.7. The van der Waals surface area contributed by atoms with Crippen LogP contribution in [-0.2, 0) is 31.9 Å². The molecule has 0 bridgehead atoms. The molecule has 9 heteroatoms. The smallest absolute Gasteiger partial charge is 0.408 e.